The fourth-order valence-electron chi connectivity index (χ4n) is 1.17. The third-order valence-corrected chi connectivity index (χ3v) is 2.83. The number of ether oxygens (including phenoxy) is 1. The Morgan fingerprint density at radius 2 is 2.17 bits per heavy atom. The van der Waals surface area contributed by atoms with Gasteiger partial charge in [-0.15, -0.1) is 11.6 Å². The average molecular weight is 336 g/mol. The highest BCUT2D eigenvalue weighted by Crippen LogP contribution is 2.27. The Bertz CT molecular complexity index is 454. The van der Waals surface area contributed by atoms with Gasteiger partial charge in [-0.2, -0.15) is 0 Å². The first kappa shape index (κ1) is 14.8. The number of hydrogen-bond donors (Lipinski definition) is 2. The molecule has 0 aromatic heterocycles. The van der Waals surface area contributed by atoms with Crippen molar-refractivity contribution < 1.29 is 14.3 Å². The molecule has 1 aromatic rings. The summed E-state index contributed by atoms with van der Waals surface area (Å²) >= 11 is 8.68. The van der Waals surface area contributed by atoms with Crippen molar-refractivity contribution in [2.75, 3.05) is 18.3 Å². The third-order valence-electron chi connectivity index (χ3n) is 1.98. The van der Waals surface area contributed by atoms with E-state index in [4.69, 9.17) is 16.3 Å². The largest absolute Gasteiger partial charge is 0.495 e. The molecule has 5 nitrogen and oxygen atoms in total. The van der Waals surface area contributed by atoms with E-state index < -0.39 is 11.9 Å². The van der Waals surface area contributed by atoms with Gasteiger partial charge in [0.25, 0.3) is 0 Å². The first-order chi connectivity index (χ1) is 8.56. The van der Waals surface area contributed by atoms with E-state index in [1.807, 2.05) is 0 Å². The van der Waals surface area contributed by atoms with Crippen molar-refractivity contribution in [3.05, 3.63) is 22.7 Å². The second kappa shape index (κ2) is 7.23. The van der Waals surface area contributed by atoms with Gasteiger partial charge in [-0.1, -0.05) is 0 Å². The normalized spacial score (nSPS) is 9.72. The number of amides is 3. The standard InChI is InChI=1S/C11H12BrClN2O3/c1-18-9-6-7(2-3-8(9)12)14-11(17)15-10(16)4-5-13/h2-3,6H,4-5H2,1H3,(H2,14,15,16,17). The van der Waals surface area contributed by atoms with Gasteiger partial charge in [0.2, 0.25) is 5.91 Å². The van der Waals surface area contributed by atoms with E-state index in [2.05, 4.69) is 26.6 Å². The van der Waals surface area contributed by atoms with Gasteiger partial charge < -0.3 is 10.1 Å². The van der Waals surface area contributed by atoms with Gasteiger partial charge in [0.05, 0.1) is 11.6 Å². The molecule has 0 spiro atoms. The number of rotatable bonds is 4. The second-order valence-corrected chi connectivity index (χ2v) is 4.52. The molecule has 1 aromatic carbocycles. The molecule has 0 saturated heterocycles. The Morgan fingerprint density at radius 3 is 2.78 bits per heavy atom. The van der Waals surface area contributed by atoms with Gasteiger partial charge in [-0.3, -0.25) is 10.1 Å². The number of imide groups is 1. The minimum Gasteiger partial charge on any atom is -0.495 e. The smallest absolute Gasteiger partial charge is 0.325 e. The van der Waals surface area contributed by atoms with Crippen LogP contribution in [0.5, 0.6) is 5.75 Å². The van der Waals surface area contributed by atoms with Gasteiger partial charge in [-0.25, -0.2) is 4.79 Å². The molecule has 0 aliphatic rings. The number of methoxy groups -OCH3 is 1. The topological polar surface area (TPSA) is 67.4 Å². The number of anilines is 1. The van der Waals surface area contributed by atoms with Gasteiger partial charge in [0.15, 0.2) is 0 Å². The molecule has 3 amide bonds. The molecule has 0 aliphatic heterocycles. The Hall–Kier alpha value is -1.27. The lowest BCUT2D eigenvalue weighted by atomic mass is 10.3. The minimum atomic E-state index is -0.602. The SMILES string of the molecule is COc1cc(NC(=O)NC(=O)CCCl)ccc1Br. The van der Waals surface area contributed by atoms with Crippen LogP contribution < -0.4 is 15.4 Å². The Labute approximate surface area is 118 Å². The average Bonchev–Trinajstić information content (AvgIpc) is 2.31. The molecule has 0 bridgehead atoms. The number of halogens is 2. The van der Waals surface area contributed by atoms with E-state index in [1.165, 1.54) is 7.11 Å². The van der Waals surface area contributed by atoms with Crippen molar-refractivity contribution in [2.24, 2.45) is 0 Å². The third kappa shape index (κ3) is 4.54. The van der Waals surface area contributed by atoms with Crippen molar-refractivity contribution in [1.29, 1.82) is 0 Å². The number of carbonyl (C=O) groups is 2. The number of carbonyl (C=O) groups excluding carboxylic acids is 2. The molecule has 0 atom stereocenters. The van der Waals surface area contributed by atoms with Crippen LogP contribution in [0.1, 0.15) is 6.42 Å². The number of hydrogen-bond acceptors (Lipinski definition) is 3. The van der Waals surface area contributed by atoms with E-state index >= 15 is 0 Å². The molecule has 1 rings (SSSR count). The highest BCUT2D eigenvalue weighted by Gasteiger charge is 2.08. The highest BCUT2D eigenvalue weighted by molar-refractivity contribution is 9.10. The lowest BCUT2D eigenvalue weighted by Gasteiger charge is -2.08. The Morgan fingerprint density at radius 1 is 1.44 bits per heavy atom. The number of nitrogens with one attached hydrogen (secondary N) is 2. The molecule has 98 valence electrons. The summed E-state index contributed by atoms with van der Waals surface area (Å²) in [6, 6.07) is 4.44. The van der Waals surface area contributed by atoms with E-state index in [-0.39, 0.29) is 12.3 Å². The van der Waals surface area contributed by atoms with Crippen LogP contribution in [-0.4, -0.2) is 24.9 Å². The Kier molecular flexibility index (Phi) is 5.94. The summed E-state index contributed by atoms with van der Waals surface area (Å²) in [6.07, 6.45) is 0.0959. The number of benzene rings is 1. The molecule has 0 radical (unpaired) electrons. The minimum absolute atomic E-state index is 0.0959. The van der Waals surface area contributed by atoms with Gasteiger partial charge in [-0.05, 0) is 28.1 Å². The predicted molar refractivity (Wildman–Crippen MR) is 73.2 cm³/mol. The van der Waals surface area contributed by atoms with Crippen molar-refractivity contribution in [2.45, 2.75) is 6.42 Å². The predicted octanol–water partition coefficient (Wildman–Crippen LogP) is 2.73. The molecule has 0 aliphatic carbocycles. The summed E-state index contributed by atoms with van der Waals surface area (Å²) in [5, 5.41) is 4.67. The van der Waals surface area contributed by atoms with E-state index in [0.29, 0.717) is 11.4 Å². The maximum atomic E-state index is 11.4. The van der Waals surface area contributed by atoms with Crippen molar-refractivity contribution >= 4 is 45.2 Å². The summed E-state index contributed by atoms with van der Waals surface area (Å²) in [5.41, 5.74) is 0.520. The fraction of sp³-hybridized carbons (Fsp3) is 0.273. The molecule has 18 heavy (non-hydrogen) atoms. The van der Waals surface area contributed by atoms with Crippen LogP contribution in [0.2, 0.25) is 0 Å². The summed E-state index contributed by atoms with van der Waals surface area (Å²) in [5.74, 6) is 0.331. The van der Waals surface area contributed by atoms with E-state index in [9.17, 15) is 9.59 Å². The van der Waals surface area contributed by atoms with Gasteiger partial charge in [0.1, 0.15) is 5.75 Å². The lowest BCUT2D eigenvalue weighted by molar-refractivity contribution is -0.119. The maximum absolute atomic E-state index is 11.4. The summed E-state index contributed by atoms with van der Waals surface area (Å²) in [7, 11) is 1.52. The summed E-state index contributed by atoms with van der Waals surface area (Å²) in [6.45, 7) is 0. The fourth-order valence-corrected chi connectivity index (χ4v) is 1.75. The zero-order valence-electron chi connectivity index (χ0n) is 9.63. The number of alkyl halides is 1. The van der Waals surface area contributed by atoms with Crippen LogP contribution in [0.15, 0.2) is 22.7 Å². The van der Waals surface area contributed by atoms with Crippen LogP contribution in [0.25, 0.3) is 0 Å². The monoisotopic (exact) mass is 334 g/mol. The Balaban J connectivity index is 2.62. The number of urea groups is 1. The van der Waals surface area contributed by atoms with Crippen LogP contribution in [0.3, 0.4) is 0 Å². The second-order valence-electron chi connectivity index (χ2n) is 3.29. The van der Waals surface area contributed by atoms with Crippen LogP contribution in [0.4, 0.5) is 10.5 Å². The zero-order valence-corrected chi connectivity index (χ0v) is 12.0. The molecule has 0 fully saturated rings. The molecule has 7 heteroatoms. The lowest BCUT2D eigenvalue weighted by Crippen LogP contribution is -2.34. The molecule has 2 N–H and O–H groups in total. The van der Waals surface area contributed by atoms with Crippen LogP contribution >= 0.6 is 27.5 Å². The van der Waals surface area contributed by atoms with Crippen LogP contribution in [0, 0.1) is 0 Å². The zero-order chi connectivity index (χ0) is 13.5. The van der Waals surface area contributed by atoms with Crippen molar-refractivity contribution in [3.63, 3.8) is 0 Å². The highest BCUT2D eigenvalue weighted by atomic mass is 79.9. The van der Waals surface area contributed by atoms with Gasteiger partial charge in [0, 0.05) is 24.1 Å². The van der Waals surface area contributed by atoms with Gasteiger partial charge >= 0.3 is 6.03 Å². The van der Waals surface area contributed by atoms with Crippen molar-refractivity contribution in [3.8, 4) is 5.75 Å². The molecule has 0 saturated carbocycles. The molecule has 0 unspecified atom stereocenters. The maximum Gasteiger partial charge on any atom is 0.325 e. The van der Waals surface area contributed by atoms with E-state index in [0.717, 1.165) is 4.47 Å². The quantitative estimate of drug-likeness (QED) is 0.831. The molecule has 0 heterocycles. The molecular formula is C11H12BrClN2O3. The summed E-state index contributed by atoms with van der Waals surface area (Å²) < 4.78 is 5.86. The van der Waals surface area contributed by atoms with E-state index in [1.54, 1.807) is 18.2 Å². The molecular weight excluding hydrogens is 323 g/mol. The first-order valence-corrected chi connectivity index (χ1v) is 6.40. The van der Waals surface area contributed by atoms with Crippen LogP contribution in [-0.2, 0) is 4.79 Å². The first-order valence-electron chi connectivity index (χ1n) is 5.07. The van der Waals surface area contributed by atoms with Crippen molar-refractivity contribution in [1.82, 2.24) is 5.32 Å². The summed E-state index contributed by atoms with van der Waals surface area (Å²) in [4.78, 5) is 22.6.